The molecule has 6 nitrogen and oxygen atoms in total. The second-order valence-corrected chi connectivity index (χ2v) is 7.77. The predicted molar refractivity (Wildman–Crippen MR) is 103 cm³/mol. The van der Waals surface area contributed by atoms with Gasteiger partial charge in [-0.1, -0.05) is 31.9 Å². The number of amides is 1. The van der Waals surface area contributed by atoms with Gasteiger partial charge in [-0.2, -0.15) is 0 Å². The molecule has 2 aromatic rings. The van der Waals surface area contributed by atoms with Crippen LogP contribution in [-0.2, 0) is 16.1 Å². The van der Waals surface area contributed by atoms with Crippen molar-refractivity contribution in [2.75, 3.05) is 13.1 Å². The first kappa shape index (κ1) is 18.2. The van der Waals surface area contributed by atoms with E-state index in [9.17, 15) is 9.59 Å². The molecule has 2 atom stereocenters. The summed E-state index contributed by atoms with van der Waals surface area (Å²) >= 11 is 0. The summed E-state index contributed by atoms with van der Waals surface area (Å²) < 4.78 is 7.67. The average Bonchev–Trinajstić information content (AvgIpc) is 3.54. The Morgan fingerprint density at radius 2 is 2.07 bits per heavy atom. The molecule has 144 valence electrons. The molecule has 1 amide bonds. The van der Waals surface area contributed by atoms with E-state index in [2.05, 4.69) is 11.9 Å². The third kappa shape index (κ3) is 4.05. The number of fused-ring (bicyclic) bond motifs is 1. The van der Waals surface area contributed by atoms with Crippen LogP contribution in [0.3, 0.4) is 0 Å². The Kier molecular flexibility index (Phi) is 5.25. The van der Waals surface area contributed by atoms with Crippen LogP contribution < -0.4 is 5.56 Å². The summed E-state index contributed by atoms with van der Waals surface area (Å²) in [6, 6.07) is 7.23. The lowest BCUT2D eigenvalue weighted by molar-refractivity contribution is -0.148. The van der Waals surface area contributed by atoms with Crippen molar-refractivity contribution >= 4 is 16.8 Å². The lowest BCUT2D eigenvalue weighted by Gasteiger charge is -2.38. The van der Waals surface area contributed by atoms with Gasteiger partial charge in [0.15, 0.2) is 0 Å². The van der Waals surface area contributed by atoms with E-state index in [-0.39, 0.29) is 30.2 Å². The molecule has 2 heterocycles. The molecule has 0 bridgehead atoms. The summed E-state index contributed by atoms with van der Waals surface area (Å²) in [6.07, 6.45) is 7.35. The van der Waals surface area contributed by atoms with E-state index < -0.39 is 0 Å². The van der Waals surface area contributed by atoms with Gasteiger partial charge in [0, 0.05) is 13.1 Å². The Hall–Kier alpha value is -2.21. The normalized spacial score (nSPS) is 22.9. The SMILES string of the molecule is CCCC[C@@H]1CN(C(=O)Cn2cnc3ccccc3c2=O)C[C@H](C2CC2)O1. The lowest BCUT2D eigenvalue weighted by Crippen LogP contribution is -2.52. The number of hydrogen-bond donors (Lipinski definition) is 0. The smallest absolute Gasteiger partial charge is 0.261 e. The second-order valence-electron chi connectivity index (χ2n) is 7.77. The minimum Gasteiger partial charge on any atom is -0.371 e. The molecular weight excluding hydrogens is 342 g/mol. The molecule has 1 aromatic carbocycles. The van der Waals surface area contributed by atoms with Crippen molar-refractivity contribution in [2.45, 2.75) is 57.8 Å². The van der Waals surface area contributed by atoms with Gasteiger partial charge in [0.25, 0.3) is 5.56 Å². The number of aromatic nitrogens is 2. The molecule has 1 saturated carbocycles. The second kappa shape index (κ2) is 7.80. The maximum Gasteiger partial charge on any atom is 0.261 e. The number of rotatable bonds is 6. The zero-order chi connectivity index (χ0) is 18.8. The van der Waals surface area contributed by atoms with E-state index in [0.717, 1.165) is 19.3 Å². The molecule has 27 heavy (non-hydrogen) atoms. The predicted octanol–water partition coefficient (Wildman–Crippen LogP) is 2.59. The van der Waals surface area contributed by atoms with Gasteiger partial charge in [0.05, 0.1) is 29.4 Å². The molecule has 1 saturated heterocycles. The first-order valence-electron chi connectivity index (χ1n) is 10.0. The Morgan fingerprint density at radius 3 is 2.85 bits per heavy atom. The molecule has 0 N–H and O–H groups in total. The Morgan fingerprint density at radius 1 is 1.26 bits per heavy atom. The van der Waals surface area contributed by atoms with Crippen LogP contribution in [0.4, 0.5) is 0 Å². The van der Waals surface area contributed by atoms with Gasteiger partial charge in [0.1, 0.15) is 6.54 Å². The monoisotopic (exact) mass is 369 g/mol. The molecule has 2 aliphatic rings. The number of unbranched alkanes of at least 4 members (excludes halogenated alkanes) is 1. The van der Waals surface area contributed by atoms with E-state index in [1.165, 1.54) is 23.7 Å². The fourth-order valence-corrected chi connectivity index (χ4v) is 3.86. The first-order chi connectivity index (χ1) is 13.2. The zero-order valence-electron chi connectivity index (χ0n) is 15.8. The maximum atomic E-state index is 12.9. The molecule has 2 fully saturated rings. The number of benzene rings is 1. The van der Waals surface area contributed by atoms with Gasteiger partial charge < -0.3 is 9.64 Å². The molecule has 0 unspecified atom stereocenters. The highest BCUT2D eigenvalue weighted by Crippen LogP contribution is 2.37. The van der Waals surface area contributed by atoms with Gasteiger partial charge in [0.2, 0.25) is 5.91 Å². The van der Waals surface area contributed by atoms with Crippen LogP contribution >= 0.6 is 0 Å². The zero-order valence-corrected chi connectivity index (χ0v) is 15.8. The van der Waals surface area contributed by atoms with Crippen molar-refractivity contribution in [3.8, 4) is 0 Å². The Bertz CT molecular complexity index is 874. The van der Waals surface area contributed by atoms with Crippen LogP contribution in [0.15, 0.2) is 35.4 Å². The van der Waals surface area contributed by atoms with Crippen LogP contribution in [0, 0.1) is 5.92 Å². The number of para-hydroxylation sites is 1. The third-order valence-corrected chi connectivity index (χ3v) is 5.61. The highest BCUT2D eigenvalue weighted by Gasteiger charge is 2.39. The summed E-state index contributed by atoms with van der Waals surface area (Å²) in [4.78, 5) is 31.8. The summed E-state index contributed by atoms with van der Waals surface area (Å²) in [5.74, 6) is 0.569. The molecule has 0 radical (unpaired) electrons. The van der Waals surface area contributed by atoms with Crippen LogP contribution in [-0.4, -0.2) is 45.7 Å². The summed E-state index contributed by atoms with van der Waals surface area (Å²) in [7, 11) is 0. The van der Waals surface area contributed by atoms with Gasteiger partial charge >= 0.3 is 0 Å². The molecule has 4 rings (SSSR count). The lowest BCUT2D eigenvalue weighted by atomic mass is 10.1. The summed E-state index contributed by atoms with van der Waals surface area (Å²) in [5.41, 5.74) is 0.495. The first-order valence-corrected chi connectivity index (χ1v) is 10.0. The van der Waals surface area contributed by atoms with E-state index in [0.29, 0.717) is 29.9 Å². The summed E-state index contributed by atoms with van der Waals surface area (Å²) in [6.45, 7) is 3.47. The van der Waals surface area contributed by atoms with Crippen molar-refractivity contribution in [1.82, 2.24) is 14.5 Å². The molecule has 1 aromatic heterocycles. The van der Waals surface area contributed by atoms with Crippen molar-refractivity contribution < 1.29 is 9.53 Å². The van der Waals surface area contributed by atoms with Crippen molar-refractivity contribution in [3.05, 3.63) is 40.9 Å². The minimum atomic E-state index is -0.163. The van der Waals surface area contributed by atoms with E-state index >= 15 is 0 Å². The molecule has 6 heteroatoms. The van der Waals surface area contributed by atoms with Crippen LogP contribution in [0.25, 0.3) is 10.9 Å². The summed E-state index contributed by atoms with van der Waals surface area (Å²) in [5, 5.41) is 0.548. The number of ether oxygens (including phenoxy) is 1. The maximum absolute atomic E-state index is 12.9. The van der Waals surface area contributed by atoms with E-state index in [1.54, 1.807) is 6.07 Å². The van der Waals surface area contributed by atoms with Gasteiger partial charge in [-0.15, -0.1) is 0 Å². The van der Waals surface area contributed by atoms with Crippen molar-refractivity contribution in [1.29, 1.82) is 0 Å². The minimum absolute atomic E-state index is 0.0235. The van der Waals surface area contributed by atoms with Crippen molar-refractivity contribution in [2.24, 2.45) is 5.92 Å². The Labute approximate surface area is 159 Å². The Balaban J connectivity index is 1.49. The number of nitrogens with zero attached hydrogens (tertiary/aromatic N) is 3. The molecule has 1 aliphatic heterocycles. The van der Waals surface area contributed by atoms with Gasteiger partial charge in [-0.05, 0) is 37.3 Å². The van der Waals surface area contributed by atoms with Crippen molar-refractivity contribution in [3.63, 3.8) is 0 Å². The van der Waals surface area contributed by atoms with E-state index in [1.807, 2.05) is 23.1 Å². The number of carbonyl (C=O) groups excluding carboxylic acids is 1. The highest BCUT2D eigenvalue weighted by atomic mass is 16.5. The highest BCUT2D eigenvalue weighted by molar-refractivity contribution is 5.79. The number of morpholine rings is 1. The number of hydrogen-bond acceptors (Lipinski definition) is 4. The third-order valence-electron chi connectivity index (χ3n) is 5.61. The topological polar surface area (TPSA) is 64.4 Å². The molecular formula is C21H27N3O3. The van der Waals surface area contributed by atoms with Gasteiger partial charge in [-0.3, -0.25) is 14.2 Å². The fourth-order valence-electron chi connectivity index (χ4n) is 3.86. The van der Waals surface area contributed by atoms with Gasteiger partial charge in [-0.25, -0.2) is 4.98 Å². The van der Waals surface area contributed by atoms with E-state index in [4.69, 9.17) is 4.74 Å². The fraction of sp³-hybridized carbons (Fsp3) is 0.571. The quantitative estimate of drug-likeness (QED) is 0.785. The largest absolute Gasteiger partial charge is 0.371 e. The molecule has 1 aliphatic carbocycles. The molecule has 0 spiro atoms. The van der Waals surface area contributed by atoms with Crippen LogP contribution in [0.2, 0.25) is 0 Å². The van der Waals surface area contributed by atoms with Crippen LogP contribution in [0.1, 0.15) is 39.0 Å². The number of carbonyl (C=O) groups is 1. The van der Waals surface area contributed by atoms with Crippen LogP contribution in [0.5, 0.6) is 0 Å². The average molecular weight is 369 g/mol. The standard InChI is InChI=1S/C21H27N3O3/c1-2-3-6-16-11-23(12-19(27-16)15-9-10-15)20(25)13-24-14-22-18-8-5-4-7-17(18)21(24)26/h4-5,7-8,14-16,19H,2-3,6,9-13H2,1H3/t16-,19-/m1/s1.